The van der Waals surface area contributed by atoms with Gasteiger partial charge in [-0.05, 0) is 43.4 Å². The predicted molar refractivity (Wildman–Crippen MR) is 133 cm³/mol. The molecule has 0 amide bonds. The molecule has 0 spiro atoms. The number of aliphatic imine (C=N–C) groups is 2. The van der Waals surface area contributed by atoms with Crippen molar-refractivity contribution in [3.8, 4) is 12.3 Å². The van der Waals surface area contributed by atoms with Gasteiger partial charge < -0.3 is 10.5 Å². The normalized spacial score (nSPS) is 17.5. The number of carbonyl (C=O) groups excluding carboxylic acids is 1. The van der Waals surface area contributed by atoms with Gasteiger partial charge in [-0.1, -0.05) is 42.0 Å². The molecule has 2 N–H and O–H groups in total. The van der Waals surface area contributed by atoms with Crippen molar-refractivity contribution in [1.82, 2.24) is 0 Å². The van der Waals surface area contributed by atoms with Crippen LogP contribution in [-0.2, 0) is 23.2 Å². The van der Waals surface area contributed by atoms with Gasteiger partial charge in [0.15, 0.2) is 0 Å². The average Bonchev–Trinajstić information content (AvgIpc) is 2.78. The maximum atomic E-state index is 12.1. The number of terminal acetylenes is 1. The highest BCUT2D eigenvalue weighted by molar-refractivity contribution is 7.16. The lowest BCUT2D eigenvalue weighted by molar-refractivity contribution is -0.112. The summed E-state index contributed by atoms with van der Waals surface area (Å²) in [6, 6.07) is 6.22. The maximum Gasteiger partial charge on any atom is 0.130 e. The van der Waals surface area contributed by atoms with Crippen LogP contribution in [0.4, 0.5) is 4.39 Å². The summed E-state index contributed by atoms with van der Waals surface area (Å²) in [5.74, 6) is 2.79. The smallest absolute Gasteiger partial charge is 0.130 e. The van der Waals surface area contributed by atoms with Crippen molar-refractivity contribution in [2.45, 2.75) is 45.1 Å². The monoisotopic (exact) mass is 441 g/mol. The minimum absolute atomic E-state index is 0.152. The molecule has 1 aliphatic rings. The molecule has 0 fully saturated rings. The highest BCUT2D eigenvalue weighted by atomic mass is 31.0. The van der Waals surface area contributed by atoms with E-state index in [-0.39, 0.29) is 12.3 Å². The molecule has 3 unspecified atom stereocenters. The summed E-state index contributed by atoms with van der Waals surface area (Å²) in [5, 5.41) is 0. The molecule has 0 radical (unpaired) electrons. The largest absolute Gasteiger partial charge is 0.326 e. The van der Waals surface area contributed by atoms with Crippen LogP contribution in [0.15, 0.2) is 52.0 Å². The lowest BCUT2D eigenvalue weighted by atomic mass is 9.74. The van der Waals surface area contributed by atoms with Crippen LogP contribution < -0.4 is 5.73 Å². The summed E-state index contributed by atoms with van der Waals surface area (Å²) in [4.78, 5) is 20.5. The zero-order valence-corrected chi connectivity index (χ0v) is 19.6. The van der Waals surface area contributed by atoms with Crippen LogP contribution >= 0.6 is 9.24 Å². The standard InChI is InChI=1S/C24H29N3O.CH4FP/c1-4-7-19(2)8-5-6-9-20-10-11-22(14-25)23(12-20)24(3,17-28)13-21-15-26-18-27-16-21;2-1-3/h1,5-6,8,10-12,15,17-18,21H,7,9,13-14,16,25H2,2-3H3;1,3H2/b6-5-,19-8-;. The Balaban J connectivity index is 0.00000151. The quantitative estimate of drug-likeness (QED) is 0.264. The van der Waals surface area contributed by atoms with Crippen LogP contribution in [0.1, 0.15) is 43.4 Å². The summed E-state index contributed by atoms with van der Waals surface area (Å²) in [6.07, 6.45) is 17.7. The lowest BCUT2D eigenvalue weighted by Crippen LogP contribution is -2.31. The molecule has 31 heavy (non-hydrogen) atoms. The summed E-state index contributed by atoms with van der Waals surface area (Å²) < 4.78 is 10.3. The first kappa shape index (κ1) is 26.6. The molecule has 166 valence electrons. The number of hydrogen-bond donors (Lipinski definition) is 1. The Morgan fingerprint density at radius 2 is 2.23 bits per heavy atom. The Morgan fingerprint density at radius 1 is 1.48 bits per heavy atom. The van der Waals surface area contributed by atoms with E-state index >= 15 is 0 Å². The Kier molecular flexibility index (Phi) is 12.5. The molecular weight excluding hydrogens is 408 g/mol. The minimum Gasteiger partial charge on any atom is -0.326 e. The van der Waals surface area contributed by atoms with Crippen molar-refractivity contribution >= 4 is 28.1 Å². The zero-order valence-electron chi connectivity index (χ0n) is 18.4. The number of alkyl halides is 1. The van der Waals surface area contributed by atoms with Gasteiger partial charge in [-0.3, -0.25) is 4.99 Å². The Bertz CT molecular complexity index is 870. The minimum atomic E-state index is -0.624. The second-order valence-corrected chi connectivity index (χ2v) is 7.96. The molecular formula is C25H33FN3OP. The van der Waals surface area contributed by atoms with Crippen molar-refractivity contribution in [2.75, 3.05) is 13.0 Å². The molecule has 2 rings (SSSR count). The number of halogens is 1. The van der Waals surface area contributed by atoms with E-state index < -0.39 is 5.41 Å². The van der Waals surface area contributed by atoms with Crippen molar-refractivity contribution in [2.24, 2.45) is 21.6 Å². The van der Waals surface area contributed by atoms with Gasteiger partial charge in [-0.2, -0.15) is 0 Å². The van der Waals surface area contributed by atoms with E-state index in [2.05, 4.69) is 34.1 Å². The fourth-order valence-corrected chi connectivity index (χ4v) is 3.44. The van der Waals surface area contributed by atoms with Gasteiger partial charge in [0.2, 0.25) is 0 Å². The summed E-state index contributed by atoms with van der Waals surface area (Å²) in [6.45, 7) is 5.06. The number of allylic oxidation sites excluding steroid dienone is 4. The first-order valence-corrected chi connectivity index (χ1v) is 11.1. The number of hydrogen-bond acceptors (Lipinski definition) is 4. The topological polar surface area (TPSA) is 67.8 Å². The molecule has 0 bridgehead atoms. The van der Waals surface area contributed by atoms with Gasteiger partial charge in [0.05, 0.1) is 0 Å². The Labute approximate surface area is 188 Å². The number of nitrogens with two attached hydrogens (primary N) is 1. The Morgan fingerprint density at radius 3 is 2.81 bits per heavy atom. The van der Waals surface area contributed by atoms with Crippen LogP contribution in [0, 0.1) is 18.3 Å². The summed E-state index contributed by atoms with van der Waals surface area (Å²) in [7, 11) is 1.91. The van der Waals surface area contributed by atoms with E-state index in [0.29, 0.717) is 25.9 Å². The average molecular weight is 442 g/mol. The van der Waals surface area contributed by atoms with Crippen molar-refractivity contribution < 1.29 is 9.18 Å². The number of rotatable bonds is 9. The van der Waals surface area contributed by atoms with Gasteiger partial charge in [-0.15, -0.1) is 21.6 Å². The summed E-state index contributed by atoms with van der Waals surface area (Å²) >= 11 is 0. The van der Waals surface area contributed by atoms with Gasteiger partial charge in [-0.25, -0.2) is 9.38 Å². The highest BCUT2D eigenvalue weighted by Gasteiger charge is 2.31. The van der Waals surface area contributed by atoms with E-state index in [4.69, 9.17) is 12.2 Å². The zero-order chi connectivity index (χ0) is 23.1. The second-order valence-electron chi connectivity index (χ2n) is 7.65. The van der Waals surface area contributed by atoms with Gasteiger partial charge in [0.1, 0.15) is 19.0 Å². The van der Waals surface area contributed by atoms with Crippen molar-refractivity contribution in [1.29, 1.82) is 0 Å². The van der Waals surface area contributed by atoms with E-state index in [1.165, 1.54) is 0 Å². The number of nitrogens with zero attached hydrogens (tertiary/aromatic N) is 2. The van der Waals surface area contributed by atoms with E-state index in [1.54, 1.807) is 6.34 Å². The molecule has 0 aliphatic carbocycles. The van der Waals surface area contributed by atoms with E-state index in [9.17, 15) is 9.18 Å². The Hall–Kier alpha value is -2.41. The van der Waals surface area contributed by atoms with Crippen LogP contribution in [-0.4, -0.2) is 31.8 Å². The van der Waals surface area contributed by atoms with Crippen LogP contribution in [0.25, 0.3) is 0 Å². The van der Waals surface area contributed by atoms with Crippen LogP contribution in [0.5, 0.6) is 0 Å². The van der Waals surface area contributed by atoms with Gasteiger partial charge in [0, 0.05) is 37.1 Å². The first-order valence-electron chi connectivity index (χ1n) is 10.3. The fourth-order valence-electron chi connectivity index (χ4n) is 3.44. The fraction of sp³-hybridized carbons (Fsp3) is 0.400. The van der Waals surface area contributed by atoms with Gasteiger partial charge in [0.25, 0.3) is 0 Å². The van der Waals surface area contributed by atoms with Gasteiger partial charge >= 0.3 is 0 Å². The molecule has 0 saturated carbocycles. The third kappa shape index (κ3) is 9.09. The van der Waals surface area contributed by atoms with E-state index in [0.717, 1.165) is 35.0 Å². The SMILES string of the molecule is C#CC/C(C)=C\C=C/Cc1ccc(CN)c(C(C)(C=O)CC2C=NC=NC2)c1.FCP. The highest BCUT2D eigenvalue weighted by Crippen LogP contribution is 2.33. The molecule has 0 saturated heterocycles. The molecule has 1 aromatic rings. The summed E-state index contributed by atoms with van der Waals surface area (Å²) in [5.41, 5.74) is 9.65. The van der Waals surface area contributed by atoms with Crippen molar-refractivity contribution in [3.05, 3.63) is 58.7 Å². The third-order valence-electron chi connectivity index (χ3n) is 4.99. The third-order valence-corrected chi connectivity index (χ3v) is 4.99. The number of carbonyl (C=O) groups is 1. The second kappa shape index (κ2) is 14.6. The maximum absolute atomic E-state index is 12.1. The molecule has 6 heteroatoms. The van der Waals surface area contributed by atoms with Crippen molar-refractivity contribution in [3.63, 3.8) is 0 Å². The first-order chi connectivity index (χ1) is 14.9. The van der Waals surface area contributed by atoms with Crippen LogP contribution in [0.3, 0.4) is 0 Å². The van der Waals surface area contributed by atoms with Crippen LogP contribution in [0.2, 0.25) is 0 Å². The van der Waals surface area contributed by atoms with E-state index in [1.807, 2.05) is 47.5 Å². The molecule has 3 atom stereocenters. The molecule has 0 aromatic heterocycles. The molecule has 1 aromatic carbocycles. The molecule has 1 heterocycles. The molecule has 4 nitrogen and oxygen atoms in total. The number of aldehydes is 1. The number of benzene rings is 1. The predicted octanol–water partition coefficient (Wildman–Crippen LogP) is 4.58. The lowest BCUT2D eigenvalue weighted by Gasteiger charge is -2.29. The molecule has 1 aliphatic heterocycles.